The Morgan fingerprint density at radius 2 is 0.480 bits per heavy atom. The van der Waals surface area contributed by atoms with E-state index in [1.807, 2.05) is 0 Å². The van der Waals surface area contributed by atoms with Gasteiger partial charge in [0.15, 0.2) is 0 Å². The van der Waals surface area contributed by atoms with Crippen LogP contribution in [0.4, 0.5) is 0 Å². The monoisotopic (exact) mass is 1860 g/mol. The molecule has 0 aromatic rings. The zero-order valence-electron chi connectivity index (χ0n) is 65.6. The molecule has 0 aromatic carbocycles. The van der Waals surface area contributed by atoms with Gasteiger partial charge in [0.1, 0.15) is 0 Å². The van der Waals surface area contributed by atoms with E-state index in [9.17, 15) is 0 Å². The zero-order valence-corrected chi connectivity index (χ0v) is 81.5. The van der Waals surface area contributed by atoms with Crippen LogP contribution in [0.5, 0.6) is 0 Å². The van der Waals surface area contributed by atoms with Crippen LogP contribution in [0.15, 0.2) is 170 Å². The minimum atomic E-state index is -0.826. The van der Waals surface area contributed by atoms with Crippen molar-refractivity contribution in [1.82, 2.24) is 0 Å². The molecule has 0 amide bonds. The van der Waals surface area contributed by atoms with Crippen molar-refractivity contribution in [2.45, 2.75) is 232 Å². The van der Waals surface area contributed by atoms with Crippen molar-refractivity contribution >= 4 is 68.1 Å². The SMILES string of the molecule is C1=CC2CCC(C/C=C/CCC3CCC4C=CC=CC43)C2C=C1.C1=CC2CCC(C/C=C/CCC3CCC4C=CC=CC43)C2C=C1.C1=CC2CCCC2C=C1.C1=CC2CCCC2C=C1.CCCCC1CCCC1.CCCCC1CCCC1.[CH3-].[CH3-].[CH3-].[CH3-].[CH3-].[CH3-].[CH3-].[CH3-].[Cl][Zr+2][Cl].[Cl][Zr+2][Cl].[Cl][Zr+2][Cl].[Cl][Zr+2][Cl]. The van der Waals surface area contributed by atoms with E-state index in [1.54, 1.807) is 0 Å². The molecule has 0 aliphatic heterocycles. The summed E-state index contributed by atoms with van der Waals surface area (Å²) in [7, 11) is 39.5. The van der Waals surface area contributed by atoms with Crippen LogP contribution < -0.4 is 0 Å². The first-order valence-corrected chi connectivity index (χ1v) is 62.9. The van der Waals surface area contributed by atoms with Crippen molar-refractivity contribution in [1.29, 1.82) is 0 Å². The van der Waals surface area contributed by atoms with Crippen LogP contribution >= 0.6 is 68.1 Å². The molecule has 0 spiro atoms. The third-order valence-electron chi connectivity index (χ3n) is 23.3. The Bertz CT molecular complexity index is 2170. The molecule has 8 saturated carbocycles. The van der Waals surface area contributed by atoms with Gasteiger partial charge >= 0.3 is 151 Å². The molecule has 12 heteroatoms. The van der Waals surface area contributed by atoms with Gasteiger partial charge in [0, 0.05) is 0 Å². The first-order chi connectivity index (χ1) is 46.3. The standard InChI is InChI=1S/2C23H30.2C9H12.2C9H18.8CH3.8ClH.4Zr/c2*1(2-8-18-14-16-20-10-4-6-12-22(18)20)3-9-19-15-17-21-11-5-7-13-23(19)21;2*1-2-5-9-7-3-6-8(9)4-1;2*1-2-3-6-9-7-4-5-8-9;;;;;;;;;;;;;;;;;;;;/h2*1-2,4-7,10-13,18-23H,3,8-9,14-17H2;2*1-2,4-5,8-9H,3,6-7H2;2*9H,2-8H2,1H3;8*1H3;8*1H;;;;/q;;;;;;8*-1;;;;;;;;;4*+4/p-8/b2*2-1+;;;;;;;;;;;;;;;;;;;;;;;;. The summed E-state index contributed by atoms with van der Waals surface area (Å²) in [4.78, 5) is 0. The average Bonchev–Trinajstić information content (AvgIpc) is 1.72. The molecule has 0 radical (unpaired) electrons. The molecule has 16 atom stereocenters. The number of unbranched alkanes of at least 4 members (excludes halogenated alkanes) is 2. The fourth-order valence-electron chi connectivity index (χ4n) is 18.3. The van der Waals surface area contributed by atoms with Gasteiger partial charge in [-0.1, -0.05) is 287 Å². The number of allylic oxidation sites excluding steroid dienone is 28. The first kappa shape index (κ1) is 111. The van der Waals surface area contributed by atoms with E-state index in [4.69, 9.17) is 68.1 Å². The molecule has 14 aliphatic carbocycles. The Morgan fingerprint density at radius 3 is 0.735 bits per heavy atom. The van der Waals surface area contributed by atoms with Crippen LogP contribution in [0.3, 0.4) is 0 Å². The molecule has 14 rings (SSSR count). The predicted molar refractivity (Wildman–Crippen MR) is 457 cm³/mol. The number of rotatable bonds is 16. The van der Waals surface area contributed by atoms with E-state index >= 15 is 0 Å². The van der Waals surface area contributed by atoms with Gasteiger partial charge in [-0.05, 0) is 222 Å². The second-order valence-corrected chi connectivity index (χ2v) is 43.8. The fourth-order valence-corrected chi connectivity index (χ4v) is 18.3. The summed E-state index contributed by atoms with van der Waals surface area (Å²) in [5, 5.41) is 0. The number of hydrogen-bond acceptors (Lipinski definition) is 0. The van der Waals surface area contributed by atoms with Crippen LogP contribution in [-0.4, -0.2) is 0 Å². The molecule has 0 nitrogen and oxygen atoms in total. The molecule has 8 fully saturated rings. The first-order valence-electron chi connectivity index (χ1n) is 37.5. The molecule has 0 N–H and O–H groups in total. The van der Waals surface area contributed by atoms with Gasteiger partial charge in [-0.25, -0.2) is 0 Å². The Hall–Kier alpha value is 2.21. The van der Waals surface area contributed by atoms with Gasteiger partial charge in [-0.15, -0.1) is 0 Å². The van der Waals surface area contributed by atoms with Crippen LogP contribution in [0.2, 0.25) is 0 Å². The Kier molecular flexibility index (Phi) is 78.2. The van der Waals surface area contributed by atoms with Crippen LogP contribution in [0, 0.1) is 166 Å². The number of hydrogen-bond donors (Lipinski definition) is 0. The van der Waals surface area contributed by atoms with Crippen LogP contribution in [0.1, 0.15) is 232 Å². The summed E-state index contributed by atoms with van der Waals surface area (Å²) in [6, 6.07) is 0. The molecule has 0 heterocycles. The third-order valence-corrected chi connectivity index (χ3v) is 23.3. The van der Waals surface area contributed by atoms with Crippen molar-refractivity contribution < 1.29 is 83.4 Å². The van der Waals surface area contributed by atoms with Crippen molar-refractivity contribution in [2.75, 3.05) is 0 Å². The molecule has 576 valence electrons. The Balaban J connectivity index is -0.000000562. The summed E-state index contributed by atoms with van der Waals surface area (Å²) in [5.74, 6) is 16.1. The molecular formula is C90H144Cl8Zr4. The third kappa shape index (κ3) is 44.0. The van der Waals surface area contributed by atoms with Crippen LogP contribution in [0.25, 0.3) is 0 Å². The zero-order chi connectivity index (χ0) is 67.1. The second-order valence-electron chi connectivity index (χ2n) is 28.9. The summed E-state index contributed by atoms with van der Waals surface area (Å²) in [6.45, 7) is 4.57. The topological polar surface area (TPSA) is 0 Å². The van der Waals surface area contributed by atoms with E-state index in [1.165, 1.54) is 218 Å². The van der Waals surface area contributed by atoms with Crippen molar-refractivity contribution in [3.8, 4) is 0 Å². The molecule has 102 heavy (non-hydrogen) atoms. The fraction of sp³-hybridized carbons (Fsp3) is 0.600. The maximum atomic E-state index is 4.93. The molecular weight excluding hydrogens is 1730 g/mol. The van der Waals surface area contributed by atoms with Crippen LogP contribution in [-0.2, 0) is 83.4 Å². The Morgan fingerprint density at radius 1 is 0.255 bits per heavy atom. The Labute approximate surface area is 710 Å². The van der Waals surface area contributed by atoms with Gasteiger partial charge in [-0.3, -0.25) is 0 Å². The van der Waals surface area contributed by atoms with Crippen molar-refractivity contribution in [3.05, 3.63) is 230 Å². The van der Waals surface area contributed by atoms with E-state index in [0.717, 1.165) is 107 Å². The number of fused-ring (bicyclic) bond motifs is 6. The molecule has 16 unspecified atom stereocenters. The summed E-state index contributed by atoms with van der Waals surface area (Å²) in [6.07, 6.45) is 114. The predicted octanol–water partition coefficient (Wildman–Crippen LogP) is 33.4. The average molecular weight is 1870 g/mol. The van der Waals surface area contributed by atoms with Gasteiger partial charge in [-0.2, -0.15) is 0 Å². The minimum absolute atomic E-state index is 0. The quantitative estimate of drug-likeness (QED) is 0.107. The van der Waals surface area contributed by atoms with Gasteiger partial charge in [0.05, 0.1) is 0 Å². The van der Waals surface area contributed by atoms with Crippen molar-refractivity contribution in [3.63, 3.8) is 0 Å². The van der Waals surface area contributed by atoms with Gasteiger partial charge in [0.25, 0.3) is 0 Å². The van der Waals surface area contributed by atoms with Gasteiger partial charge < -0.3 is 59.4 Å². The second kappa shape index (κ2) is 72.2. The van der Waals surface area contributed by atoms with Gasteiger partial charge in [0.2, 0.25) is 0 Å². The van der Waals surface area contributed by atoms with E-state index < -0.39 is 83.4 Å². The molecule has 14 aliphatic rings. The van der Waals surface area contributed by atoms with E-state index in [0.29, 0.717) is 0 Å². The molecule has 0 aromatic heterocycles. The summed E-state index contributed by atoms with van der Waals surface area (Å²) >= 11 is -3.30. The van der Waals surface area contributed by atoms with Crippen molar-refractivity contribution in [2.24, 2.45) is 107 Å². The normalized spacial score (nSPS) is 29.4. The number of halogens is 8. The summed E-state index contributed by atoms with van der Waals surface area (Å²) < 4.78 is 0. The molecule has 0 bridgehead atoms. The molecule has 0 saturated heterocycles. The van der Waals surface area contributed by atoms with E-state index in [2.05, 4.69) is 184 Å². The maximum absolute atomic E-state index is 4.93. The van der Waals surface area contributed by atoms with E-state index in [-0.39, 0.29) is 59.4 Å². The summed E-state index contributed by atoms with van der Waals surface area (Å²) in [5.41, 5.74) is 0.